The summed E-state index contributed by atoms with van der Waals surface area (Å²) in [6.45, 7) is 16.0. The van der Waals surface area contributed by atoms with Crippen LogP contribution in [-0.2, 0) is 0 Å². The van der Waals surface area contributed by atoms with E-state index in [0.29, 0.717) is 0 Å². The molecule has 88 valence electrons. The van der Waals surface area contributed by atoms with E-state index in [0.717, 1.165) is 17.7 Å². The monoisotopic (exact) mass is 225 g/mol. The standard InChI is InChI=1S/C13H27NSi/c1-7-9-10-12-13(15(4,5)6)14(12)11(3)8-2/h7,11-13H,1,8-10H2,2-6H3. The highest BCUT2D eigenvalue weighted by Crippen LogP contribution is 2.41. The summed E-state index contributed by atoms with van der Waals surface area (Å²) in [7, 11) is -0.987. The Balaban J connectivity index is 2.58. The highest BCUT2D eigenvalue weighted by molar-refractivity contribution is 6.78. The van der Waals surface area contributed by atoms with Crippen LogP contribution in [0.1, 0.15) is 33.1 Å². The van der Waals surface area contributed by atoms with Crippen molar-refractivity contribution in [1.29, 1.82) is 0 Å². The van der Waals surface area contributed by atoms with Crippen LogP contribution in [0.2, 0.25) is 19.6 Å². The maximum Gasteiger partial charge on any atom is 0.0659 e. The third-order valence-electron chi connectivity index (χ3n) is 3.63. The molecule has 0 spiro atoms. The third kappa shape index (κ3) is 2.94. The van der Waals surface area contributed by atoms with Gasteiger partial charge in [0, 0.05) is 17.7 Å². The summed E-state index contributed by atoms with van der Waals surface area (Å²) in [5, 5.41) is 0. The lowest BCUT2D eigenvalue weighted by Gasteiger charge is -2.18. The molecule has 0 amide bonds. The van der Waals surface area contributed by atoms with Crippen LogP contribution in [0.5, 0.6) is 0 Å². The van der Waals surface area contributed by atoms with Crippen molar-refractivity contribution in [2.24, 2.45) is 0 Å². The molecule has 0 aliphatic carbocycles. The van der Waals surface area contributed by atoms with E-state index < -0.39 is 8.07 Å². The van der Waals surface area contributed by atoms with E-state index >= 15 is 0 Å². The minimum atomic E-state index is -0.987. The van der Waals surface area contributed by atoms with Crippen molar-refractivity contribution < 1.29 is 0 Å². The largest absolute Gasteiger partial charge is 0.295 e. The van der Waals surface area contributed by atoms with Crippen LogP contribution in [0, 0.1) is 0 Å². The summed E-state index contributed by atoms with van der Waals surface area (Å²) < 4.78 is 0. The van der Waals surface area contributed by atoms with Crippen molar-refractivity contribution in [2.75, 3.05) is 0 Å². The molecule has 15 heavy (non-hydrogen) atoms. The molecular weight excluding hydrogens is 198 g/mol. The molecule has 0 saturated carbocycles. The quantitative estimate of drug-likeness (QED) is 0.378. The molecule has 0 aromatic rings. The SMILES string of the molecule is C=CCCC1C([Si](C)(C)C)N1C(C)CC. The van der Waals surface area contributed by atoms with E-state index in [1.165, 1.54) is 19.3 Å². The molecule has 0 radical (unpaired) electrons. The fourth-order valence-corrected chi connectivity index (χ4v) is 5.48. The van der Waals surface area contributed by atoms with Gasteiger partial charge in [0.25, 0.3) is 0 Å². The zero-order chi connectivity index (χ0) is 11.6. The first-order chi connectivity index (χ1) is 6.93. The minimum Gasteiger partial charge on any atom is -0.295 e. The Morgan fingerprint density at radius 3 is 2.40 bits per heavy atom. The number of nitrogens with zero attached hydrogens (tertiary/aromatic N) is 1. The average molecular weight is 225 g/mol. The molecule has 1 rings (SSSR count). The summed E-state index contributed by atoms with van der Waals surface area (Å²) in [5.74, 6) is 0. The van der Waals surface area contributed by atoms with Crippen LogP contribution in [0.4, 0.5) is 0 Å². The Kier molecular flexibility index (Phi) is 4.18. The first-order valence-corrected chi connectivity index (χ1v) is 9.89. The molecule has 1 saturated heterocycles. The lowest BCUT2D eigenvalue weighted by Crippen LogP contribution is -2.34. The molecular formula is C13H27NSi. The number of allylic oxidation sites excluding steroid dienone is 1. The molecule has 0 aromatic carbocycles. The lowest BCUT2D eigenvalue weighted by atomic mass is 10.2. The average Bonchev–Trinajstić information content (AvgIpc) is 2.87. The van der Waals surface area contributed by atoms with Crippen LogP contribution >= 0.6 is 0 Å². The van der Waals surface area contributed by atoms with Crippen LogP contribution in [0.15, 0.2) is 12.7 Å². The summed E-state index contributed by atoms with van der Waals surface area (Å²) in [4.78, 5) is 2.76. The molecule has 4 unspecified atom stereocenters. The van der Waals surface area contributed by atoms with Crippen molar-refractivity contribution in [3.8, 4) is 0 Å². The van der Waals surface area contributed by atoms with Crippen molar-refractivity contribution in [2.45, 2.75) is 70.5 Å². The first kappa shape index (κ1) is 13.0. The second kappa shape index (κ2) is 4.83. The van der Waals surface area contributed by atoms with E-state index in [4.69, 9.17) is 0 Å². The number of hydrogen-bond acceptors (Lipinski definition) is 1. The van der Waals surface area contributed by atoms with Crippen molar-refractivity contribution in [3.63, 3.8) is 0 Å². The second-order valence-corrected chi connectivity index (χ2v) is 11.3. The second-order valence-electron chi connectivity index (χ2n) is 5.95. The van der Waals surface area contributed by atoms with Gasteiger partial charge < -0.3 is 0 Å². The van der Waals surface area contributed by atoms with Crippen LogP contribution in [-0.4, -0.2) is 30.7 Å². The molecule has 2 heteroatoms. The van der Waals surface area contributed by atoms with Gasteiger partial charge >= 0.3 is 0 Å². The third-order valence-corrected chi connectivity index (χ3v) is 6.09. The van der Waals surface area contributed by atoms with E-state index in [9.17, 15) is 0 Å². The smallest absolute Gasteiger partial charge is 0.0659 e. The zero-order valence-corrected chi connectivity index (χ0v) is 12.1. The highest BCUT2D eigenvalue weighted by Gasteiger charge is 2.54. The van der Waals surface area contributed by atoms with Crippen LogP contribution in [0.3, 0.4) is 0 Å². The number of rotatable bonds is 6. The van der Waals surface area contributed by atoms with Gasteiger partial charge in [-0.15, -0.1) is 6.58 Å². The van der Waals surface area contributed by atoms with Crippen molar-refractivity contribution in [3.05, 3.63) is 12.7 Å². The summed E-state index contributed by atoms with van der Waals surface area (Å²) >= 11 is 0. The Hall–Kier alpha value is -0.0831. The lowest BCUT2D eigenvalue weighted by molar-refractivity contribution is 0.371. The summed E-state index contributed by atoms with van der Waals surface area (Å²) in [5.41, 5.74) is 0.924. The molecule has 1 heterocycles. The van der Waals surface area contributed by atoms with Gasteiger partial charge in [-0.25, -0.2) is 0 Å². The molecule has 4 atom stereocenters. The van der Waals surface area contributed by atoms with Crippen molar-refractivity contribution in [1.82, 2.24) is 4.90 Å². The van der Waals surface area contributed by atoms with E-state index in [1.807, 2.05) is 0 Å². The predicted octanol–water partition coefficient (Wildman–Crippen LogP) is 3.68. The molecule has 1 aliphatic rings. The number of hydrogen-bond donors (Lipinski definition) is 0. The van der Waals surface area contributed by atoms with E-state index in [-0.39, 0.29) is 0 Å². The maximum atomic E-state index is 3.83. The van der Waals surface area contributed by atoms with Gasteiger partial charge in [-0.1, -0.05) is 32.6 Å². The van der Waals surface area contributed by atoms with Gasteiger partial charge in [-0.05, 0) is 26.2 Å². The Morgan fingerprint density at radius 2 is 2.00 bits per heavy atom. The van der Waals surface area contributed by atoms with E-state index in [1.54, 1.807) is 0 Å². The normalized spacial score (nSPS) is 32.5. The molecule has 0 N–H and O–H groups in total. The van der Waals surface area contributed by atoms with Gasteiger partial charge in [-0.3, -0.25) is 4.90 Å². The predicted molar refractivity (Wildman–Crippen MR) is 71.9 cm³/mol. The fourth-order valence-electron chi connectivity index (χ4n) is 2.73. The van der Waals surface area contributed by atoms with Gasteiger partial charge in [0.1, 0.15) is 0 Å². The van der Waals surface area contributed by atoms with Gasteiger partial charge in [0.2, 0.25) is 0 Å². The zero-order valence-electron chi connectivity index (χ0n) is 11.1. The molecule has 0 bridgehead atoms. The van der Waals surface area contributed by atoms with E-state index in [2.05, 4.69) is 51.0 Å². The summed E-state index contributed by atoms with van der Waals surface area (Å²) in [6.07, 6.45) is 5.85. The summed E-state index contributed by atoms with van der Waals surface area (Å²) in [6, 6.07) is 1.64. The van der Waals surface area contributed by atoms with Gasteiger partial charge in [-0.2, -0.15) is 0 Å². The molecule has 0 aromatic heterocycles. The minimum absolute atomic E-state index is 0.775. The van der Waals surface area contributed by atoms with Crippen LogP contribution in [0.25, 0.3) is 0 Å². The molecule has 1 aliphatic heterocycles. The fraction of sp³-hybridized carbons (Fsp3) is 0.846. The van der Waals surface area contributed by atoms with Crippen molar-refractivity contribution >= 4 is 8.07 Å². The first-order valence-electron chi connectivity index (χ1n) is 6.31. The Morgan fingerprint density at radius 1 is 1.40 bits per heavy atom. The maximum absolute atomic E-state index is 3.83. The molecule has 1 fully saturated rings. The van der Waals surface area contributed by atoms with Gasteiger partial charge in [0.15, 0.2) is 0 Å². The Bertz CT molecular complexity index is 219. The van der Waals surface area contributed by atoms with Crippen LogP contribution < -0.4 is 0 Å². The topological polar surface area (TPSA) is 3.01 Å². The van der Waals surface area contributed by atoms with Gasteiger partial charge in [0.05, 0.1) is 8.07 Å². The Labute approximate surface area is 96.6 Å². The highest BCUT2D eigenvalue weighted by atomic mass is 28.3. The molecule has 1 nitrogen and oxygen atoms in total.